The Hall–Kier alpha value is -0.940. The smallest absolute Gasteiger partial charge is 0.0484 e. The molecule has 0 amide bonds. The summed E-state index contributed by atoms with van der Waals surface area (Å²) in [5, 5.41) is 3.73. The summed E-state index contributed by atoms with van der Waals surface area (Å²) in [6, 6.07) is 10.9. The van der Waals surface area contributed by atoms with Crippen LogP contribution in [0.3, 0.4) is 0 Å². The van der Waals surface area contributed by atoms with Crippen LogP contribution in [0.2, 0.25) is 0 Å². The van der Waals surface area contributed by atoms with Crippen molar-refractivity contribution in [2.75, 3.05) is 52.5 Å². The van der Waals surface area contributed by atoms with E-state index in [1.54, 1.807) is 0 Å². The van der Waals surface area contributed by atoms with Crippen molar-refractivity contribution in [2.45, 2.75) is 38.8 Å². The normalized spacial score (nSPS) is 22.4. The molecule has 140 valence electrons. The third kappa shape index (κ3) is 5.27. The van der Waals surface area contributed by atoms with Crippen molar-refractivity contribution in [1.82, 2.24) is 15.1 Å². The molecule has 0 saturated carbocycles. The second kappa shape index (κ2) is 9.13. The zero-order valence-electron chi connectivity index (χ0n) is 16.0. The van der Waals surface area contributed by atoms with Gasteiger partial charge in [0.2, 0.25) is 0 Å². The molecule has 0 aromatic heterocycles. The van der Waals surface area contributed by atoms with E-state index in [1.807, 2.05) is 0 Å². The predicted molar refractivity (Wildman–Crippen MR) is 104 cm³/mol. The lowest BCUT2D eigenvalue weighted by Gasteiger charge is -2.50. The fourth-order valence-corrected chi connectivity index (χ4v) is 4.17. The molecule has 3 rings (SSSR count). The Kier molecular flexibility index (Phi) is 6.88. The summed E-state index contributed by atoms with van der Waals surface area (Å²) < 4.78 is 5.68. The number of piperazine rings is 1. The Bertz CT molecular complexity index is 491. The van der Waals surface area contributed by atoms with E-state index in [4.69, 9.17) is 4.74 Å². The van der Waals surface area contributed by atoms with Gasteiger partial charge >= 0.3 is 0 Å². The number of rotatable bonds is 7. The Balaban J connectivity index is 1.54. The van der Waals surface area contributed by atoms with Gasteiger partial charge in [-0.2, -0.15) is 0 Å². The van der Waals surface area contributed by atoms with Crippen LogP contribution in [0.1, 0.15) is 32.3 Å². The summed E-state index contributed by atoms with van der Waals surface area (Å²) in [5.74, 6) is 0.708. The number of hydrogen-bond acceptors (Lipinski definition) is 4. The lowest BCUT2D eigenvalue weighted by molar-refractivity contribution is -0.0473. The number of nitrogens with one attached hydrogen (secondary N) is 1. The minimum absolute atomic E-state index is 0.298. The average molecular weight is 346 g/mol. The first-order valence-corrected chi connectivity index (χ1v) is 9.98. The van der Waals surface area contributed by atoms with Crippen LogP contribution in [0.5, 0.6) is 0 Å². The van der Waals surface area contributed by atoms with Crippen LogP contribution >= 0.6 is 0 Å². The molecule has 2 fully saturated rings. The molecular formula is C21H35N3O. The van der Waals surface area contributed by atoms with E-state index in [0.29, 0.717) is 11.5 Å². The zero-order valence-corrected chi connectivity index (χ0v) is 16.0. The third-order valence-corrected chi connectivity index (χ3v) is 5.72. The molecule has 0 unspecified atom stereocenters. The van der Waals surface area contributed by atoms with Gasteiger partial charge in [0.05, 0.1) is 0 Å². The van der Waals surface area contributed by atoms with Crippen molar-refractivity contribution in [3.05, 3.63) is 35.9 Å². The maximum atomic E-state index is 5.68. The molecule has 2 aliphatic rings. The number of ether oxygens (including phenoxy) is 1. The van der Waals surface area contributed by atoms with E-state index < -0.39 is 0 Å². The van der Waals surface area contributed by atoms with Gasteiger partial charge in [-0.25, -0.2) is 0 Å². The quantitative estimate of drug-likeness (QED) is 0.822. The highest BCUT2D eigenvalue weighted by Gasteiger charge is 2.39. The lowest BCUT2D eigenvalue weighted by Crippen LogP contribution is -2.62. The van der Waals surface area contributed by atoms with E-state index in [1.165, 1.54) is 31.7 Å². The second-order valence-electron chi connectivity index (χ2n) is 8.11. The standard InChI is InChI=1S/C21H35N3O/c1-19(2)16-22-18-21(8-14-25-15-9-21)24-12-10-23(11-13-24)17-20-6-4-3-5-7-20/h3-7,19,22H,8-18H2,1-2H3. The molecule has 1 aromatic rings. The summed E-state index contributed by atoms with van der Waals surface area (Å²) in [5.41, 5.74) is 1.72. The number of benzene rings is 1. The van der Waals surface area contributed by atoms with E-state index in [-0.39, 0.29) is 0 Å². The Morgan fingerprint density at radius 2 is 1.72 bits per heavy atom. The van der Waals surface area contributed by atoms with Gasteiger partial charge < -0.3 is 10.1 Å². The Labute approximate surface area is 153 Å². The molecule has 2 saturated heterocycles. The van der Waals surface area contributed by atoms with Crippen molar-refractivity contribution >= 4 is 0 Å². The molecule has 0 aliphatic carbocycles. The van der Waals surface area contributed by atoms with Crippen LogP contribution in [-0.4, -0.2) is 67.8 Å². The molecule has 0 bridgehead atoms. The van der Waals surface area contributed by atoms with Crippen molar-refractivity contribution in [2.24, 2.45) is 5.92 Å². The molecular weight excluding hydrogens is 310 g/mol. The third-order valence-electron chi connectivity index (χ3n) is 5.72. The van der Waals surface area contributed by atoms with Gasteiger partial charge in [0.1, 0.15) is 0 Å². The van der Waals surface area contributed by atoms with Gasteiger partial charge in [0.25, 0.3) is 0 Å². The van der Waals surface area contributed by atoms with Crippen LogP contribution in [0.25, 0.3) is 0 Å². The molecule has 1 N–H and O–H groups in total. The van der Waals surface area contributed by atoms with Crippen LogP contribution in [-0.2, 0) is 11.3 Å². The van der Waals surface area contributed by atoms with Crippen molar-refractivity contribution < 1.29 is 4.74 Å². The molecule has 0 spiro atoms. The van der Waals surface area contributed by atoms with Gasteiger partial charge in [0, 0.05) is 58.0 Å². The SMILES string of the molecule is CC(C)CNCC1(N2CCN(Cc3ccccc3)CC2)CCOCC1. The van der Waals surface area contributed by atoms with Gasteiger partial charge in [-0.15, -0.1) is 0 Å². The summed E-state index contributed by atoms with van der Waals surface area (Å²) in [6.07, 6.45) is 2.33. The molecule has 2 aliphatic heterocycles. The minimum Gasteiger partial charge on any atom is -0.381 e. The van der Waals surface area contributed by atoms with E-state index in [9.17, 15) is 0 Å². The molecule has 25 heavy (non-hydrogen) atoms. The van der Waals surface area contributed by atoms with Crippen molar-refractivity contribution in [1.29, 1.82) is 0 Å². The summed E-state index contributed by atoms with van der Waals surface area (Å²) in [4.78, 5) is 5.35. The maximum absolute atomic E-state index is 5.68. The predicted octanol–water partition coefficient (Wildman–Crippen LogP) is 2.60. The molecule has 1 aromatic carbocycles. The second-order valence-corrected chi connectivity index (χ2v) is 8.11. The monoisotopic (exact) mass is 345 g/mol. The van der Waals surface area contributed by atoms with Crippen molar-refractivity contribution in [3.8, 4) is 0 Å². The van der Waals surface area contributed by atoms with Crippen LogP contribution < -0.4 is 5.32 Å². The summed E-state index contributed by atoms with van der Waals surface area (Å²) >= 11 is 0. The first kappa shape index (κ1) is 18.8. The maximum Gasteiger partial charge on any atom is 0.0484 e. The average Bonchev–Trinajstić information content (AvgIpc) is 2.64. The fraction of sp³-hybridized carbons (Fsp3) is 0.714. The van der Waals surface area contributed by atoms with Gasteiger partial charge in [-0.05, 0) is 30.9 Å². The molecule has 0 radical (unpaired) electrons. The van der Waals surface area contributed by atoms with Gasteiger partial charge in [-0.3, -0.25) is 9.80 Å². The number of hydrogen-bond donors (Lipinski definition) is 1. The molecule has 4 nitrogen and oxygen atoms in total. The van der Waals surface area contributed by atoms with Crippen LogP contribution in [0.15, 0.2) is 30.3 Å². The van der Waals surface area contributed by atoms with E-state index in [2.05, 4.69) is 59.3 Å². The van der Waals surface area contributed by atoms with Crippen molar-refractivity contribution in [3.63, 3.8) is 0 Å². The summed E-state index contributed by atoms with van der Waals surface area (Å²) in [6.45, 7) is 14.4. The van der Waals surface area contributed by atoms with E-state index in [0.717, 1.165) is 45.7 Å². The van der Waals surface area contributed by atoms with Crippen LogP contribution in [0.4, 0.5) is 0 Å². The first-order chi connectivity index (χ1) is 12.2. The topological polar surface area (TPSA) is 27.7 Å². The Morgan fingerprint density at radius 1 is 1.04 bits per heavy atom. The zero-order chi connectivity index (χ0) is 17.5. The minimum atomic E-state index is 0.298. The molecule has 0 atom stereocenters. The highest BCUT2D eigenvalue weighted by molar-refractivity contribution is 5.14. The van der Waals surface area contributed by atoms with Gasteiger partial charge in [0.15, 0.2) is 0 Å². The highest BCUT2D eigenvalue weighted by Crippen LogP contribution is 2.29. The van der Waals surface area contributed by atoms with Gasteiger partial charge in [-0.1, -0.05) is 44.2 Å². The first-order valence-electron chi connectivity index (χ1n) is 9.98. The molecule has 4 heteroatoms. The Morgan fingerprint density at radius 3 is 2.36 bits per heavy atom. The largest absolute Gasteiger partial charge is 0.381 e. The van der Waals surface area contributed by atoms with E-state index >= 15 is 0 Å². The summed E-state index contributed by atoms with van der Waals surface area (Å²) in [7, 11) is 0. The fourth-order valence-electron chi connectivity index (χ4n) is 4.17. The lowest BCUT2D eigenvalue weighted by atomic mass is 9.87. The highest BCUT2D eigenvalue weighted by atomic mass is 16.5. The van der Waals surface area contributed by atoms with Crippen LogP contribution in [0, 0.1) is 5.92 Å². The molecule has 2 heterocycles. The number of nitrogens with zero attached hydrogens (tertiary/aromatic N) is 2.